The Balaban J connectivity index is 1.77. The molecule has 0 aromatic rings. The number of rotatable bonds is 0. The van der Waals surface area contributed by atoms with Crippen molar-refractivity contribution in [1.29, 1.82) is 0 Å². The summed E-state index contributed by atoms with van der Waals surface area (Å²) in [5, 5.41) is 7.95. The largest absolute Gasteiger partial charge is 0.346 e. The molecule has 5 atom stereocenters. The minimum atomic E-state index is -0.550. The Hall–Kier alpha value is -1.72. The van der Waals surface area contributed by atoms with Gasteiger partial charge in [-0.05, 0) is 19.3 Å². The summed E-state index contributed by atoms with van der Waals surface area (Å²) in [5.74, 6) is -0.374. The molecule has 0 amide bonds. The fraction of sp³-hybridized carbons (Fsp3) is 0.667. The molecule has 6 nitrogen and oxygen atoms in total. The first-order valence-corrected chi connectivity index (χ1v) is 6.29. The molecule has 4 aliphatic carbocycles. The standard InChI is InChI=1S/C12H10N2O4/c15-10-7-5-1-4-2-12(9(5)14-18-11(12)16)3-6(7)8(4)13-17-10/h4-7H,1-3H2. The second-order valence-electron chi connectivity index (χ2n) is 5.94. The quantitative estimate of drug-likeness (QED) is 0.582. The SMILES string of the molecule is O=C1ON=C2C3CC4C5=NOC(=O)C5(C3)CC2C14. The summed E-state index contributed by atoms with van der Waals surface area (Å²) in [6.45, 7) is 0. The van der Waals surface area contributed by atoms with Crippen molar-refractivity contribution in [2.75, 3.05) is 0 Å². The van der Waals surface area contributed by atoms with Gasteiger partial charge in [0, 0.05) is 17.8 Å². The van der Waals surface area contributed by atoms with Crippen LogP contribution in [-0.2, 0) is 19.3 Å². The molecule has 6 bridgehead atoms. The minimum Gasteiger partial charge on any atom is -0.318 e. The van der Waals surface area contributed by atoms with E-state index in [1.165, 1.54) is 0 Å². The molecule has 6 heteroatoms. The highest BCUT2D eigenvalue weighted by Crippen LogP contribution is 2.62. The molecule has 2 aliphatic heterocycles. The fourth-order valence-corrected chi connectivity index (χ4v) is 4.72. The Kier molecular flexibility index (Phi) is 1.29. The molecule has 1 spiro atoms. The van der Waals surface area contributed by atoms with Crippen LogP contribution >= 0.6 is 0 Å². The summed E-state index contributed by atoms with van der Waals surface area (Å²) >= 11 is 0. The lowest BCUT2D eigenvalue weighted by Crippen LogP contribution is -2.65. The van der Waals surface area contributed by atoms with Gasteiger partial charge in [0.1, 0.15) is 5.41 Å². The smallest absolute Gasteiger partial charge is 0.318 e. The first kappa shape index (κ1) is 9.24. The monoisotopic (exact) mass is 246 g/mol. The van der Waals surface area contributed by atoms with Crippen molar-refractivity contribution < 1.29 is 19.3 Å². The van der Waals surface area contributed by atoms with Gasteiger partial charge in [0.05, 0.1) is 17.3 Å². The normalized spacial score (nSPS) is 50.4. The van der Waals surface area contributed by atoms with Crippen LogP contribution in [-0.4, -0.2) is 23.4 Å². The zero-order valence-electron chi connectivity index (χ0n) is 9.46. The van der Waals surface area contributed by atoms with E-state index < -0.39 is 5.41 Å². The van der Waals surface area contributed by atoms with Crippen molar-refractivity contribution in [3.8, 4) is 0 Å². The van der Waals surface area contributed by atoms with E-state index >= 15 is 0 Å². The third-order valence-corrected chi connectivity index (χ3v) is 5.34. The van der Waals surface area contributed by atoms with Crippen LogP contribution in [0.15, 0.2) is 10.3 Å². The molecule has 0 radical (unpaired) electrons. The summed E-state index contributed by atoms with van der Waals surface area (Å²) in [6.07, 6.45) is 2.20. The van der Waals surface area contributed by atoms with E-state index in [1.807, 2.05) is 0 Å². The van der Waals surface area contributed by atoms with Crippen molar-refractivity contribution in [1.82, 2.24) is 0 Å². The molecule has 2 heterocycles. The maximum atomic E-state index is 12.0. The zero-order valence-corrected chi connectivity index (χ0v) is 9.46. The van der Waals surface area contributed by atoms with E-state index in [2.05, 4.69) is 10.3 Å². The second kappa shape index (κ2) is 2.50. The van der Waals surface area contributed by atoms with Crippen LogP contribution in [0.4, 0.5) is 0 Å². The summed E-state index contributed by atoms with van der Waals surface area (Å²) in [4.78, 5) is 33.7. The number of carbonyl (C=O) groups excluding carboxylic acids is 2. The Morgan fingerprint density at radius 3 is 2.89 bits per heavy atom. The average molecular weight is 246 g/mol. The molecule has 6 aliphatic rings. The van der Waals surface area contributed by atoms with Crippen molar-refractivity contribution in [3.05, 3.63) is 0 Å². The highest BCUT2D eigenvalue weighted by molar-refractivity contribution is 6.17. The molecule has 0 saturated heterocycles. The summed E-state index contributed by atoms with van der Waals surface area (Å²) in [5.41, 5.74) is 1.23. The van der Waals surface area contributed by atoms with Crippen LogP contribution in [0.1, 0.15) is 19.3 Å². The second-order valence-corrected chi connectivity index (χ2v) is 5.94. The van der Waals surface area contributed by atoms with Gasteiger partial charge in [-0.3, -0.25) is 0 Å². The number of oxime groups is 2. The van der Waals surface area contributed by atoms with Crippen LogP contribution in [0.2, 0.25) is 0 Å². The van der Waals surface area contributed by atoms with Gasteiger partial charge in [-0.25, -0.2) is 9.59 Å². The van der Waals surface area contributed by atoms with E-state index in [1.54, 1.807) is 0 Å². The molecule has 18 heavy (non-hydrogen) atoms. The Morgan fingerprint density at radius 1 is 1.11 bits per heavy atom. The van der Waals surface area contributed by atoms with Gasteiger partial charge in [0.25, 0.3) is 0 Å². The van der Waals surface area contributed by atoms with Gasteiger partial charge >= 0.3 is 11.9 Å². The molecule has 0 N–H and O–H groups in total. The zero-order chi connectivity index (χ0) is 12.1. The predicted molar refractivity (Wildman–Crippen MR) is 57.3 cm³/mol. The topological polar surface area (TPSA) is 77.3 Å². The first-order valence-electron chi connectivity index (χ1n) is 6.29. The summed E-state index contributed by atoms with van der Waals surface area (Å²) in [7, 11) is 0. The lowest BCUT2D eigenvalue weighted by Gasteiger charge is -2.56. The lowest BCUT2D eigenvalue weighted by atomic mass is 9.44. The highest BCUT2D eigenvalue weighted by atomic mass is 16.7. The van der Waals surface area contributed by atoms with Gasteiger partial charge in [0.2, 0.25) is 0 Å². The van der Waals surface area contributed by atoms with Crippen LogP contribution in [0.5, 0.6) is 0 Å². The van der Waals surface area contributed by atoms with E-state index in [0.29, 0.717) is 6.42 Å². The van der Waals surface area contributed by atoms with Crippen molar-refractivity contribution >= 4 is 23.4 Å². The number of nitrogens with zero attached hydrogens (tertiary/aromatic N) is 2. The number of carbonyl (C=O) groups is 2. The molecular weight excluding hydrogens is 236 g/mol. The molecular formula is C12H10N2O4. The van der Waals surface area contributed by atoms with Crippen molar-refractivity contribution in [2.45, 2.75) is 19.3 Å². The maximum absolute atomic E-state index is 12.0. The molecule has 5 unspecified atom stereocenters. The van der Waals surface area contributed by atoms with Gasteiger partial charge in [0.15, 0.2) is 0 Å². The third kappa shape index (κ3) is 0.741. The van der Waals surface area contributed by atoms with E-state index in [9.17, 15) is 9.59 Å². The Labute approximate surface area is 102 Å². The van der Waals surface area contributed by atoms with Gasteiger partial charge in [-0.2, -0.15) is 0 Å². The van der Waals surface area contributed by atoms with E-state index in [4.69, 9.17) is 9.68 Å². The maximum Gasteiger partial charge on any atom is 0.346 e. The Morgan fingerprint density at radius 2 is 2.00 bits per heavy atom. The van der Waals surface area contributed by atoms with Crippen LogP contribution in [0, 0.1) is 29.1 Å². The number of hydrogen-bond acceptors (Lipinski definition) is 6. The minimum absolute atomic E-state index is 0.0145. The Bertz CT molecular complexity index is 581. The van der Waals surface area contributed by atoms with E-state index in [-0.39, 0.29) is 35.6 Å². The molecule has 0 aromatic heterocycles. The van der Waals surface area contributed by atoms with Gasteiger partial charge in [-0.15, -0.1) is 0 Å². The summed E-state index contributed by atoms with van der Waals surface area (Å²) < 4.78 is 0. The molecule has 6 rings (SSSR count). The summed E-state index contributed by atoms with van der Waals surface area (Å²) in [6, 6.07) is 0. The van der Waals surface area contributed by atoms with Gasteiger partial charge < -0.3 is 9.68 Å². The van der Waals surface area contributed by atoms with Crippen molar-refractivity contribution in [2.24, 2.45) is 39.4 Å². The van der Waals surface area contributed by atoms with Crippen LogP contribution in [0.25, 0.3) is 0 Å². The van der Waals surface area contributed by atoms with Crippen LogP contribution in [0.3, 0.4) is 0 Å². The fourth-order valence-electron chi connectivity index (χ4n) is 4.72. The third-order valence-electron chi connectivity index (χ3n) is 5.34. The van der Waals surface area contributed by atoms with Gasteiger partial charge in [-0.1, -0.05) is 10.3 Å². The average Bonchev–Trinajstić information content (AvgIpc) is 2.66. The highest BCUT2D eigenvalue weighted by Gasteiger charge is 2.70. The molecule has 4 saturated carbocycles. The van der Waals surface area contributed by atoms with Crippen molar-refractivity contribution in [3.63, 3.8) is 0 Å². The lowest BCUT2D eigenvalue weighted by molar-refractivity contribution is -0.162. The van der Waals surface area contributed by atoms with Crippen LogP contribution < -0.4 is 0 Å². The molecule has 4 fully saturated rings. The number of hydrogen-bond donors (Lipinski definition) is 0. The van der Waals surface area contributed by atoms with E-state index in [0.717, 1.165) is 24.3 Å². The predicted octanol–water partition coefficient (Wildman–Crippen LogP) is 0.474. The first-order chi connectivity index (χ1) is 8.71. The molecule has 0 aromatic carbocycles. The molecule has 92 valence electrons.